The molecule has 0 spiro atoms. The number of fused-ring (bicyclic) bond motifs is 5. The molecule has 11 aromatic carbocycles. The predicted octanol–water partition coefficient (Wildman–Crippen LogP) is 25.9. The van der Waals surface area contributed by atoms with E-state index in [4.69, 9.17) is 15.0 Å². The Hall–Kier alpha value is -13.0. The molecule has 6 heterocycles. The van der Waals surface area contributed by atoms with Gasteiger partial charge in [-0.2, -0.15) is 0 Å². The zero-order valence-electron chi connectivity index (χ0n) is 83.7. The van der Waals surface area contributed by atoms with Gasteiger partial charge in [0, 0.05) is 110 Å². The number of anilines is 3. The van der Waals surface area contributed by atoms with Gasteiger partial charge in [0.1, 0.15) is 34.8 Å². The number of ketones is 3. The van der Waals surface area contributed by atoms with Crippen molar-refractivity contribution in [2.45, 2.75) is 261 Å². The standard InChI is InChI=1S/C42H45N5O2.C39H51N5O2.C36H45N5O2/c1-28-13-4-9-19-36(28)44-42(49)45-37(25-30(3)48)33-20-21-39-38(27-33)43-41(47(39)24-12-23-46-22-11-10-14-29(46)2)40-34-17-7-5-15-31(34)26-32-16-6-8-18-35(32)40;1-26-16-17-27(2)31(23-26)37-40-35-25-30(18-19-36(35)44(37)22-12-21-43-20-11-10-13-28(43)3)34(24-29(4)45)42-38(46)41-33-15-9-8-14-32(33)39(5,6)7;1-24-14-15-25(2)30(21-24)35-37-33-23-29(16-17-34(33)41(35)20-10-19-40-18-9-8-12-27(40)4)32(22-28(5)42)39-36(43)38-31-13-7-6-11-26(31)3/h4-9,13,15-21,26-27,29,37H,10-12,14,22-25H2,1-3H3,(H2,44,45,49);8-9,14-19,23,25,28,34H,10-13,20-22,24H2,1-7H3,(H2,41,42,46);6-7,11,13-17,21,23,27,32H,8-10,12,18-20,22H2,1-5H3,(H2,38,39,43). The second-order valence-electron chi connectivity index (χ2n) is 40.1. The molecule has 138 heavy (non-hydrogen) atoms. The summed E-state index contributed by atoms with van der Waals surface area (Å²) in [5, 5.41) is 22.8. The summed E-state index contributed by atoms with van der Waals surface area (Å²) < 4.78 is 7.10. The summed E-state index contributed by atoms with van der Waals surface area (Å²) in [5.41, 5.74) is 21.6. The van der Waals surface area contributed by atoms with Crippen LogP contribution in [0.25, 0.3) is 88.8 Å². The Morgan fingerprint density at radius 3 is 1.05 bits per heavy atom. The number of hydrogen-bond acceptors (Lipinski definition) is 12. The van der Waals surface area contributed by atoms with E-state index >= 15 is 0 Å². The summed E-state index contributed by atoms with van der Waals surface area (Å²) >= 11 is 0. The first-order chi connectivity index (χ1) is 66.4. The quantitative estimate of drug-likeness (QED) is 0.0231. The van der Waals surface area contributed by atoms with Crippen molar-refractivity contribution in [1.82, 2.24) is 59.3 Å². The minimum Gasteiger partial charge on any atom is -0.331 e. The van der Waals surface area contributed by atoms with Gasteiger partial charge >= 0.3 is 18.1 Å². The van der Waals surface area contributed by atoms with E-state index in [0.29, 0.717) is 18.1 Å². The Bertz CT molecular complexity index is 6660. The van der Waals surface area contributed by atoms with Crippen LogP contribution in [-0.4, -0.2) is 136 Å². The van der Waals surface area contributed by atoms with E-state index in [9.17, 15) is 28.8 Å². The Balaban J connectivity index is 0.000000157. The second-order valence-corrected chi connectivity index (χ2v) is 40.1. The molecule has 0 saturated carbocycles. The number of benzene rings is 11. The molecule has 3 saturated heterocycles. The number of likely N-dealkylation sites (tertiary alicyclic amines) is 3. The number of Topliss-reactive ketones (excluding diaryl/α,β-unsaturated/α-hetero) is 3. The third-order valence-corrected chi connectivity index (χ3v) is 28.3. The van der Waals surface area contributed by atoms with E-state index in [-0.39, 0.29) is 60.1 Å². The van der Waals surface area contributed by atoms with E-state index in [2.05, 4.69) is 245 Å². The monoisotopic (exact) mass is 1850 g/mol. The molecule has 0 radical (unpaired) electrons. The molecule has 0 aliphatic carbocycles. The van der Waals surface area contributed by atoms with E-state index < -0.39 is 18.1 Å². The number of nitrogens with one attached hydrogen (secondary N) is 6. The first-order valence-corrected chi connectivity index (χ1v) is 50.2. The molecule has 0 bridgehead atoms. The summed E-state index contributed by atoms with van der Waals surface area (Å²) in [4.78, 5) is 100. The maximum Gasteiger partial charge on any atom is 0.319 e. The van der Waals surface area contributed by atoms with Crippen molar-refractivity contribution in [2.24, 2.45) is 0 Å². The van der Waals surface area contributed by atoms with E-state index in [0.717, 1.165) is 183 Å². The van der Waals surface area contributed by atoms with Gasteiger partial charge in [-0.15, -0.1) is 0 Å². The minimum atomic E-state index is -0.501. The zero-order valence-corrected chi connectivity index (χ0v) is 83.7. The van der Waals surface area contributed by atoms with Gasteiger partial charge in [0.25, 0.3) is 0 Å². The van der Waals surface area contributed by atoms with Crippen molar-refractivity contribution in [3.63, 3.8) is 0 Å². The van der Waals surface area contributed by atoms with Gasteiger partial charge in [0.15, 0.2) is 0 Å². The highest BCUT2D eigenvalue weighted by atomic mass is 16.2. The van der Waals surface area contributed by atoms with Crippen LogP contribution in [0.15, 0.2) is 218 Å². The number of carbonyl (C=O) groups is 6. The Labute approximate surface area is 815 Å². The lowest BCUT2D eigenvalue weighted by molar-refractivity contribution is -0.118. The van der Waals surface area contributed by atoms with Crippen molar-refractivity contribution in [1.29, 1.82) is 0 Å². The number of urea groups is 3. The number of para-hydroxylation sites is 3. The molecule has 3 aromatic heterocycles. The predicted molar refractivity (Wildman–Crippen MR) is 566 cm³/mol. The summed E-state index contributed by atoms with van der Waals surface area (Å²) in [6, 6.07) is 73.6. The topological polar surface area (TPSA) is 238 Å². The molecule has 3 aliphatic rings. The van der Waals surface area contributed by atoms with Crippen LogP contribution in [0.4, 0.5) is 31.4 Å². The number of imidazole rings is 3. The van der Waals surface area contributed by atoms with Gasteiger partial charge in [0.05, 0.1) is 51.2 Å². The van der Waals surface area contributed by atoms with E-state index in [1.807, 2.05) is 117 Å². The Morgan fingerprint density at radius 2 is 0.688 bits per heavy atom. The van der Waals surface area contributed by atoms with Crippen LogP contribution in [-0.2, 0) is 39.4 Å². The average molecular weight is 1850 g/mol. The maximum absolute atomic E-state index is 13.3. The number of amides is 6. The lowest BCUT2D eigenvalue weighted by Crippen LogP contribution is -2.38. The molecule has 6 N–H and O–H groups in total. The zero-order chi connectivity index (χ0) is 97.4. The Morgan fingerprint density at radius 1 is 0.355 bits per heavy atom. The highest BCUT2D eigenvalue weighted by Gasteiger charge is 2.30. The second kappa shape index (κ2) is 45.6. The molecule has 720 valence electrons. The van der Waals surface area contributed by atoms with Gasteiger partial charge in [-0.05, 0) is 305 Å². The number of aryl methyl sites for hydroxylation is 9. The van der Waals surface area contributed by atoms with Crippen molar-refractivity contribution >= 4 is 107 Å². The summed E-state index contributed by atoms with van der Waals surface area (Å²) in [7, 11) is 0. The third kappa shape index (κ3) is 24.8. The van der Waals surface area contributed by atoms with E-state index in [1.165, 1.54) is 115 Å². The highest BCUT2D eigenvalue weighted by molar-refractivity contribution is 6.12. The van der Waals surface area contributed by atoms with Crippen LogP contribution in [0.5, 0.6) is 0 Å². The first-order valence-electron chi connectivity index (χ1n) is 50.2. The van der Waals surface area contributed by atoms with Crippen molar-refractivity contribution in [3.05, 3.63) is 274 Å². The number of nitrogens with zero attached hydrogens (tertiary/aromatic N) is 9. The van der Waals surface area contributed by atoms with Gasteiger partial charge in [0.2, 0.25) is 0 Å². The molecule has 6 amide bonds. The average Bonchev–Trinajstić information content (AvgIpc) is 1.70. The fourth-order valence-corrected chi connectivity index (χ4v) is 20.6. The first kappa shape index (κ1) is 99.5. The van der Waals surface area contributed by atoms with Gasteiger partial charge in [-0.25, -0.2) is 29.3 Å². The van der Waals surface area contributed by atoms with Crippen LogP contribution >= 0.6 is 0 Å². The van der Waals surface area contributed by atoms with Crippen LogP contribution in [0.3, 0.4) is 0 Å². The van der Waals surface area contributed by atoms with Crippen molar-refractivity contribution < 1.29 is 28.8 Å². The molecule has 6 unspecified atom stereocenters. The van der Waals surface area contributed by atoms with Crippen LogP contribution in [0.2, 0.25) is 0 Å². The fraction of sp³-hybridized carbons (Fsp3) is 0.393. The SMILES string of the molecule is CC(=O)CC(NC(=O)Nc1ccccc1C(C)(C)C)c1ccc2c(c1)nc(-c1cc(C)ccc1C)n2CCCN1CCCCC1C.CC(=O)CC(NC(=O)Nc1ccccc1C)c1ccc2c(c1)nc(-c1c3ccccc3cc3ccccc13)n2CCCN1CCCCC1C.CC(=O)CC(NC(=O)Nc1ccccc1C)c1ccc2c(c1)nc(-c1cc(C)ccc1C)n2CCCN1CCCCC1C. The molecule has 21 nitrogen and oxygen atoms in total. The molecular formula is C117H141N15O6. The van der Waals surface area contributed by atoms with Gasteiger partial charge in [-0.1, -0.05) is 197 Å². The molecule has 3 aliphatic heterocycles. The number of carbonyl (C=O) groups excluding carboxylic acids is 6. The summed E-state index contributed by atoms with van der Waals surface area (Å²) in [6.07, 6.45) is 15.3. The number of hydrogen-bond donors (Lipinski definition) is 6. The lowest BCUT2D eigenvalue weighted by atomic mass is 9.86. The molecule has 17 rings (SSSR count). The smallest absolute Gasteiger partial charge is 0.319 e. The fourth-order valence-electron chi connectivity index (χ4n) is 20.6. The maximum atomic E-state index is 13.3. The summed E-state index contributed by atoms with van der Waals surface area (Å²) in [5.74, 6) is 2.90. The molecular weight excluding hydrogens is 1710 g/mol. The largest absolute Gasteiger partial charge is 0.331 e. The minimum absolute atomic E-state index is 0.00155. The number of rotatable bonds is 30. The van der Waals surface area contributed by atoms with Gasteiger partial charge < -0.3 is 60.3 Å². The molecule has 6 atom stereocenters. The highest BCUT2D eigenvalue weighted by Crippen LogP contribution is 2.41. The van der Waals surface area contributed by atoms with Crippen LogP contribution in [0.1, 0.15) is 232 Å². The van der Waals surface area contributed by atoms with E-state index in [1.54, 1.807) is 20.8 Å². The number of aromatic nitrogens is 6. The van der Waals surface area contributed by atoms with Crippen molar-refractivity contribution in [2.75, 3.05) is 55.2 Å². The normalized spacial score (nSPS) is 16.2. The number of piperidine rings is 3. The summed E-state index contributed by atoms with van der Waals surface area (Å²) in [6.45, 7) is 39.8. The van der Waals surface area contributed by atoms with Crippen LogP contribution in [0, 0.1) is 41.5 Å². The Kier molecular flexibility index (Phi) is 32.9. The molecule has 14 aromatic rings. The van der Waals surface area contributed by atoms with Crippen LogP contribution < -0.4 is 31.9 Å². The molecule has 3 fully saturated rings. The third-order valence-electron chi connectivity index (χ3n) is 28.3. The van der Waals surface area contributed by atoms with Gasteiger partial charge in [-0.3, -0.25) is 14.4 Å². The lowest BCUT2D eigenvalue weighted by Gasteiger charge is -2.33. The van der Waals surface area contributed by atoms with Crippen molar-refractivity contribution in [3.8, 4) is 34.2 Å². The molecule has 21 heteroatoms.